The smallest absolute Gasteiger partial charge is 0.274 e. The quantitative estimate of drug-likeness (QED) is 0.857. The van der Waals surface area contributed by atoms with Gasteiger partial charge in [0.25, 0.3) is 5.91 Å². The van der Waals surface area contributed by atoms with Crippen LogP contribution in [-0.2, 0) is 0 Å². The number of anilines is 2. The number of halogens is 1. The van der Waals surface area contributed by atoms with Gasteiger partial charge in [-0.05, 0) is 43.4 Å². The maximum absolute atomic E-state index is 12.5. The third kappa shape index (κ3) is 3.93. The molecular formula is C18H21BrN4O. The largest absolute Gasteiger partial charge is 0.339 e. The second kappa shape index (κ2) is 7.30. The Balaban J connectivity index is 1.66. The van der Waals surface area contributed by atoms with Gasteiger partial charge in [-0.3, -0.25) is 4.79 Å². The highest BCUT2D eigenvalue weighted by Crippen LogP contribution is 2.23. The first-order chi connectivity index (χ1) is 11.5. The lowest BCUT2D eigenvalue weighted by Crippen LogP contribution is -2.38. The van der Waals surface area contributed by atoms with Crippen molar-refractivity contribution in [2.75, 3.05) is 18.4 Å². The minimum Gasteiger partial charge on any atom is -0.339 e. The number of piperidine rings is 1. The highest BCUT2D eigenvalue weighted by atomic mass is 79.9. The van der Waals surface area contributed by atoms with E-state index in [-0.39, 0.29) is 5.91 Å². The molecule has 24 heavy (non-hydrogen) atoms. The molecule has 1 aromatic heterocycles. The van der Waals surface area contributed by atoms with Crippen LogP contribution in [0.25, 0.3) is 0 Å². The van der Waals surface area contributed by atoms with Gasteiger partial charge in [0.05, 0.1) is 12.4 Å². The molecule has 1 amide bonds. The third-order valence-corrected chi connectivity index (χ3v) is 5.24. The lowest BCUT2D eigenvalue weighted by molar-refractivity contribution is 0.0691. The van der Waals surface area contributed by atoms with E-state index in [1.54, 1.807) is 12.4 Å². The van der Waals surface area contributed by atoms with Gasteiger partial charge >= 0.3 is 0 Å². The Kier molecular flexibility index (Phi) is 5.14. The van der Waals surface area contributed by atoms with E-state index in [1.165, 1.54) is 5.56 Å². The fraction of sp³-hybridized carbons (Fsp3) is 0.389. The fourth-order valence-electron chi connectivity index (χ4n) is 2.70. The molecule has 1 fully saturated rings. The van der Waals surface area contributed by atoms with Crippen molar-refractivity contribution in [2.24, 2.45) is 5.92 Å². The Morgan fingerprint density at radius 2 is 2.00 bits per heavy atom. The Morgan fingerprint density at radius 1 is 1.25 bits per heavy atom. The van der Waals surface area contributed by atoms with Crippen LogP contribution in [0.2, 0.25) is 0 Å². The summed E-state index contributed by atoms with van der Waals surface area (Å²) in [4.78, 5) is 22.9. The maximum Gasteiger partial charge on any atom is 0.274 e. The number of aromatic nitrogens is 2. The number of hydrogen-bond acceptors (Lipinski definition) is 4. The summed E-state index contributed by atoms with van der Waals surface area (Å²) < 4.78 is 1.03. The molecule has 1 aliphatic rings. The molecule has 0 saturated carbocycles. The normalized spacial score (nSPS) is 15.4. The van der Waals surface area contributed by atoms with E-state index in [2.05, 4.69) is 38.1 Å². The van der Waals surface area contributed by atoms with Gasteiger partial charge < -0.3 is 10.2 Å². The molecule has 2 heterocycles. The molecule has 3 rings (SSSR count). The second-order valence-electron chi connectivity index (χ2n) is 6.35. The van der Waals surface area contributed by atoms with Crippen LogP contribution in [0.3, 0.4) is 0 Å². The Hall–Kier alpha value is -1.95. The highest BCUT2D eigenvalue weighted by Gasteiger charge is 2.22. The topological polar surface area (TPSA) is 58.1 Å². The van der Waals surface area contributed by atoms with Gasteiger partial charge in [0.15, 0.2) is 0 Å². The Morgan fingerprint density at radius 3 is 2.62 bits per heavy atom. The number of amides is 1. The van der Waals surface area contributed by atoms with Crippen molar-refractivity contribution in [3.63, 3.8) is 0 Å². The summed E-state index contributed by atoms with van der Waals surface area (Å²) in [6.07, 6.45) is 5.27. The van der Waals surface area contributed by atoms with E-state index in [0.29, 0.717) is 17.4 Å². The van der Waals surface area contributed by atoms with E-state index in [0.717, 1.165) is 36.1 Å². The first-order valence-electron chi connectivity index (χ1n) is 8.17. The second-order valence-corrected chi connectivity index (χ2v) is 7.20. The van der Waals surface area contributed by atoms with Crippen LogP contribution in [0.4, 0.5) is 11.5 Å². The Bertz CT molecular complexity index is 724. The van der Waals surface area contributed by atoms with Crippen LogP contribution < -0.4 is 5.32 Å². The van der Waals surface area contributed by atoms with Gasteiger partial charge in [-0.25, -0.2) is 9.97 Å². The molecule has 2 aromatic rings. The molecule has 1 aliphatic heterocycles. The molecule has 0 aliphatic carbocycles. The van der Waals surface area contributed by atoms with E-state index < -0.39 is 0 Å². The summed E-state index contributed by atoms with van der Waals surface area (Å²) in [6, 6.07) is 6.00. The van der Waals surface area contributed by atoms with Crippen molar-refractivity contribution in [3.05, 3.63) is 46.3 Å². The molecule has 0 radical (unpaired) electrons. The summed E-state index contributed by atoms with van der Waals surface area (Å²) in [6.45, 7) is 5.87. The van der Waals surface area contributed by atoms with Gasteiger partial charge in [-0.1, -0.05) is 28.9 Å². The van der Waals surface area contributed by atoms with Gasteiger partial charge in [-0.15, -0.1) is 0 Å². The van der Waals surface area contributed by atoms with Crippen LogP contribution in [-0.4, -0.2) is 33.9 Å². The van der Waals surface area contributed by atoms with Crippen LogP contribution in [0.5, 0.6) is 0 Å². The number of carbonyl (C=O) groups is 1. The highest BCUT2D eigenvalue weighted by molar-refractivity contribution is 9.10. The van der Waals surface area contributed by atoms with E-state index in [1.807, 2.05) is 30.0 Å². The summed E-state index contributed by atoms with van der Waals surface area (Å²) in [7, 11) is 0. The number of rotatable bonds is 3. The van der Waals surface area contributed by atoms with Gasteiger partial charge in [0, 0.05) is 23.2 Å². The molecule has 5 nitrogen and oxygen atoms in total. The fourth-order valence-corrected chi connectivity index (χ4v) is 3.07. The van der Waals surface area contributed by atoms with Crippen LogP contribution in [0.1, 0.15) is 35.8 Å². The molecule has 126 valence electrons. The van der Waals surface area contributed by atoms with Gasteiger partial charge in [-0.2, -0.15) is 0 Å². The maximum atomic E-state index is 12.5. The predicted octanol–water partition coefficient (Wildman–Crippen LogP) is 4.16. The number of hydrogen-bond donors (Lipinski definition) is 1. The summed E-state index contributed by atoms with van der Waals surface area (Å²) in [5.41, 5.74) is 2.49. The van der Waals surface area contributed by atoms with Crippen molar-refractivity contribution < 1.29 is 4.79 Å². The van der Waals surface area contributed by atoms with Crippen LogP contribution in [0.15, 0.2) is 35.1 Å². The lowest BCUT2D eigenvalue weighted by atomic mass is 9.99. The number of benzene rings is 1. The molecule has 6 heteroatoms. The molecule has 1 aromatic carbocycles. The van der Waals surface area contributed by atoms with E-state index >= 15 is 0 Å². The minimum absolute atomic E-state index is 0.0287. The third-order valence-electron chi connectivity index (χ3n) is 4.39. The van der Waals surface area contributed by atoms with Crippen molar-refractivity contribution in [1.29, 1.82) is 0 Å². The zero-order valence-corrected chi connectivity index (χ0v) is 15.5. The Labute approximate surface area is 150 Å². The standard InChI is InChI=1S/C18H21BrN4O/c1-12-5-7-23(8-6-12)18(24)16-10-21-17(11-20-16)22-14-4-3-13(2)15(19)9-14/h3-4,9-12H,5-8H2,1-2H3,(H,21,22). The number of aryl methyl sites for hydroxylation is 1. The summed E-state index contributed by atoms with van der Waals surface area (Å²) >= 11 is 3.51. The predicted molar refractivity (Wildman–Crippen MR) is 98.5 cm³/mol. The summed E-state index contributed by atoms with van der Waals surface area (Å²) in [5.74, 6) is 1.29. The SMILES string of the molecule is Cc1ccc(Nc2cnc(C(=O)N3CCC(C)CC3)cn2)cc1Br. The molecule has 1 N–H and O–H groups in total. The minimum atomic E-state index is -0.0287. The van der Waals surface area contributed by atoms with Crippen LogP contribution in [0, 0.1) is 12.8 Å². The monoisotopic (exact) mass is 388 g/mol. The van der Waals surface area contributed by atoms with Crippen molar-refractivity contribution >= 4 is 33.3 Å². The average Bonchev–Trinajstić information content (AvgIpc) is 2.59. The van der Waals surface area contributed by atoms with Gasteiger partial charge in [0.2, 0.25) is 0 Å². The van der Waals surface area contributed by atoms with Gasteiger partial charge in [0.1, 0.15) is 11.5 Å². The lowest BCUT2D eigenvalue weighted by Gasteiger charge is -2.29. The number of nitrogens with one attached hydrogen (secondary N) is 1. The molecule has 0 spiro atoms. The first kappa shape index (κ1) is 16.9. The van der Waals surface area contributed by atoms with Crippen molar-refractivity contribution in [3.8, 4) is 0 Å². The zero-order valence-electron chi connectivity index (χ0n) is 13.9. The molecule has 0 bridgehead atoms. The van der Waals surface area contributed by atoms with E-state index in [9.17, 15) is 4.79 Å². The number of nitrogens with zero attached hydrogens (tertiary/aromatic N) is 3. The van der Waals surface area contributed by atoms with Crippen molar-refractivity contribution in [2.45, 2.75) is 26.7 Å². The zero-order chi connectivity index (χ0) is 17.1. The number of likely N-dealkylation sites (tertiary alicyclic amines) is 1. The van der Waals surface area contributed by atoms with Crippen LogP contribution >= 0.6 is 15.9 Å². The average molecular weight is 389 g/mol. The first-order valence-corrected chi connectivity index (χ1v) is 8.97. The molecule has 1 saturated heterocycles. The van der Waals surface area contributed by atoms with Crippen molar-refractivity contribution in [1.82, 2.24) is 14.9 Å². The molecular weight excluding hydrogens is 368 g/mol. The molecule has 0 unspecified atom stereocenters. The van der Waals surface area contributed by atoms with E-state index in [4.69, 9.17) is 0 Å². The summed E-state index contributed by atoms with van der Waals surface area (Å²) in [5, 5.41) is 3.19. The molecule has 0 atom stereocenters. The number of carbonyl (C=O) groups excluding carboxylic acids is 1.